The van der Waals surface area contributed by atoms with Crippen LogP contribution in [0.2, 0.25) is 5.02 Å². The van der Waals surface area contributed by atoms with Crippen molar-refractivity contribution in [2.75, 3.05) is 0 Å². The van der Waals surface area contributed by atoms with Gasteiger partial charge in [-0.2, -0.15) is 0 Å². The first-order chi connectivity index (χ1) is 9.47. The molecule has 3 aromatic rings. The molecule has 1 aromatic carbocycles. The molecule has 5 nitrogen and oxygen atoms in total. The second-order valence-electron chi connectivity index (χ2n) is 4.32. The third kappa shape index (κ3) is 2.08. The minimum absolute atomic E-state index is 0.0659. The van der Waals surface area contributed by atoms with Gasteiger partial charge in [-0.3, -0.25) is 4.79 Å². The molecule has 0 aliphatic rings. The lowest BCUT2D eigenvalue weighted by atomic mass is 10.1. The molecular formula is C13H8ClIN2O3. The highest BCUT2D eigenvalue weighted by atomic mass is 127. The minimum atomic E-state index is -0.455. The molecule has 0 atom stereocenters. The van der Waals surface area contributed by atoms with Gasteiger partial charge in [-0.05, 0) is 41.6 Å². The number of nitrogens with zero attached hydrogens (tertiary/aromatic N) is 1. The van der Waals surface area contributed by atoms with Gasteiger partial charge in [0.15, 0.2) is 5.76 Å². The summed E-state index contributed by atoms with van der Waals surface area (Å²) >= 11 is 8.07. The van der Waals surface area contributed by atoms with Crippen LogP contribution in [0, 0.1) is 10.5 Å². The molecule has 0 aliphatic carbocycles. The van der Waals surface area contributed by atoms with E-state index in [9.17, 15) is 9.90 Å². The zero-order valence-electron chi connectivity index (χ0n) is 10.2. The van der Waals surface area contributed by atoms with Gasteiger partial charge in [0.05, 0.1) is 16.2 Å². The quantitative estimate of drug-likeness (QED) is 0.611. The first-order valence-electron chi connectivity index (χ1n) is 5.65. The van der Waals surface area contributed by atoms with E-state index < -0.39 is 5.56 Å². The van der Waals surface area contributed by atoms with Crippen molar-refractivity contribution in [1.82, 2.24) is 10.1 Å². The third-order valence-corrected chi connectivity index (χ3v) is 4.43. The summed E-state index contributed by atoms with van der Waals surface area (Å²) < 4.78 is 5.83. The molecule has 20 heavy (non-hydrogen) atoms. The second kappa shape index (κ2) is 4.78. The van der Waals surface area contributed by atoms with Gasteiger partial charge in [0, 0.05) is 15.0 Å². The number of hydrogen-bond acceptors (Lipinski definition) is 4. The van der Waals surface area contributed by atoms with Crippen LogP contribution in [0.15, 0.2) is 27.5 Å². The SMILES string of the molecule is Cc1cc(-c2c(O)c3cc(I)c(Cl)cc3[nH]c2=O)on1. The fourth-order valence-electron chi connectivity index (χ4n) is 1.98. The van der Waals surface area contributed by atoms with Crippen LogP contribution >= 0.6 is 34.2 Å². The van der Waals surface area contributed by atoms with Crippen LogP contribution in [-0.4, -0.2) is 15.2 Å². The number of aromatic hydroxyl groups is 1. The average molecular weight is 403 g/mol. The number of benzene rings is 1. The van der Waals surface area contributed by atoms with E-state index in [1.165, 1.54) is 0 Å². The number of aromatic amines is 1. The zero-order chi connectivity index (χ0) is 14.4. The molecule has 0 saturated carbocycles. The molecule has 0 radical (unpaired) electrons. The van der Waals surface area contributed by atoms with Gasteiger partial charge in [0.25, 0.3) is 5.56 Å². The smallest absolute Gasteiger partial charge is 0.263 e. The fraction of sp³-hybridized carbons (Fsp3) is 0.0769. The molecule has 0 amide bonds. The van der Waals surface area contributed by atoms with E-state index in [0.29, 0.717) is 21.6 Å². The molecule has 0 unspecified atom stereocenters. The Hall–Kier alpha value is -1.54. The standard InChI is InChI=1S/C13H8ClIN2O3/c1-5-2-10(20-17-5)11-12(18)6-3-8(15)7(14)4-9(6)16-13(11)19/h2-4H,1H3,(H2,16,18,19). The number of nitrogens with one attached hydrogen (secondary N) is 1. The van der Waals surface area contributed by atoms with Crippen LogP contribution in [0.3, 0.4) is 0 Å². The number of aryl methyl sites for hydroxylation is 1. The number of pyridine rings is 1. The number of rotatable bonds is 1. The fourth-order valence-corrected chi connectivity index (χ4v) is 2.61. The Morgan fingerprint density at radius 3 is 2.80 bits per heavy atom. The van der Waals surface area contributed by atoms with Crippen molar-refractivity contribution in [2.45, 2.75) is 6.92 Å². The minimum Gasteiger partial charge on any atom is -0.506 e. The summed E-state index contributed by atoms with van der Waals surface area (Å²) in [6, 6.07) is 4.91. The lowest BCUT2D eigenvalue weighted by Crippen LogP contribution is -2.09. The first-order valence-corrected chi connectivity index (χ1v) is 7.10. The molecule has 0 spiro atoms. The Balaban J connectivity index is 2.40. The first kappa shape index (κ1) is 13.4. The van der Waals surface area contributed by atoms with E-state index in [2.05, 4.69) is 32.7 Å². The van der Waals surface area contributed by atoms with E-state index in [-0.39, 0.29) is 17.1 Å². The molecule has 3 rings (SSSR count). The van der Waals surface area contributed by atoms with Crippen LogP contribution < -0.4 is 5.56 Å². The molecular weight excluding hydrogens is 395 g/mol. The van der Waals surface area contributed by atoms with Gasteiger partial charge in [0.1, 0.15) is 11.3 Å². The topological polar surface area (TPSA) is 79.1 Å². The maximum Gasteiger partial charge on any atom is 0.263 e. The van der Waals surface area contributed by atoms with Crippen LogP contribution in [0.5, 0.6) is 5.75 Å². The largest absolute Gasteiger partial charge is 0.506 e. The van der Waals surface area contributed by atoms with Crippen molar-refractivity contribution in [1.29, 1.82) is 0 Å². The monoisotopic (exact) mass is 402 g/mol. The maximum absolute atomic E-state index is 12.1. The molecule has 0 fully saturated rings. The van der Waals surface area contributed by atoms with E-state index in [1.54, 1.807) is 25.1 Å². The van der Waals surface area contributed by atoms with Crippen LogP contribution in [0.1, 0.15) is 5.69 Å². The molecule has 0 aliphatic heterocycles. The number of halogens is 2. The van der Waals surface area contributed by atoms with E-state index in [1.807, 2.05) is 0 Å². The summed E-state index contributed by atoms with van der Waals surface area (Å²) in [6.45, 7) is 1.74. The number of aromatic nitrogens is 2. The molecule has 2 N–H and O–H groups in total. The molecule has 2 aromatic heterocycles. The molecule has 7 heteroatoms. The maximum atomic E-state index is 12.1. The van der Waals surface area contributed by atoms with Gasteiger partial charge in [-0.1, -0.05) is 16.8 Å². The summed E-state index contributed by atoms with van der Waals surface area (Å²) in [6.07, 6.45) is 0. The molecule has 102 valence electrons. The van der Waals surface area contributed by atoms with Crippen LogP contribution in [0.4, 0.5) is 0 Å². The number of H-pyrrole nitrogens is 1. The Labute approximate surface area is 131 Å². The van der Waals surface area contributed by atoms with Crippen LogP contribution in [-0.2, 0) is 0 Å². The lowest BCUT2D eigenvalue weighted by Gasteiger charge is -2.06. The van der Waals surface area contributed by atoms with Gasteiger partial charge in [-0.15, -0.1) is 0 Å². The van der Waals surface area contributed by atoms with Gasteiger partial charge in [-0.25, -0.2) is 0 Å². The van der Waals surface area contributed by atoms with Crippen molar-refractivity contribution in [3.63, 3.8) is 0 Å². The zero-order valence-corrected chi connectivity index (χ0v) is 13.1. The van der Waals surface area contributed by atoms with E-state index in [0.717, 1.165) is 3.57 Å². The predicted molar refractivity (Wildman–Crippen MR) is 84.2 cm³/mol. The van der Waals surface area contributed by atoms with Crippen molar-refractivity contribution in [3.05, 3.63) is 42.8 Å². The molecule has 2 heterocycles. The van der Waals surface area contributed by atoms with Gasteiger partial charge < -0.3 is 14.6 Å². The van der Waals surface area contributed by atoms with Crippen molar-refractivity contribution >= 4 is 45.1 Å². The summed E-state index contributed by atoms with van der Waals surface area (Å²) in [5, 5.41) is 15.1. The Morgan fingerprint density at radius 1 is 1.40 bits per heavy atom. The summed E-state index contributed by atoms with van der Waals surface area (Å²) in [5.74, 6) is 0.0857. The number of hydrogen-bond donors (Lipinski definition) is 2. The predicted octanol–water partition coefficient (Wildman–Crippen LogP) is 3.46. The Kier molecular flexibility index (Phi) is 3.21. The number of fused-ring (bicyclic) bond motifs is 1. The Morgan fingerprint density at radius 2 is 2.15 bits per heavy atom. The third-order valence-electron chi connectivity index (χ3n) is 2.90. The highest BCUT2D eigenvalue weighted by molar-refractivity contribution is 14.1. The lowest BCUT2D eigenvalue weighted by molar-refractivity contribution is 0.421. The second-order valence-corrected chi connectivity index (χ2v) is 5.89. The molecule has 0 saturated heterocycles. The van der Waals surface area contributed by atoms with Gasteiger partial charge >= 0.3 is 0 Å². The summed E-state index contributed by atoms with van der Waals surface area (Å²) in [7, 11) is 0. The van der Waals surface area contributed by atoms with Crippen LogP contribution in [0.25, 0.3) is 22.2 Å². The highest BCUT2D eigenvalue weighted by Gasteiger charge is 2.18. The van der Waals surface area contributed by atoms with E-state index >= 15 is 0 Å². The van der Waals surface area contributed by atoms with Crippen molar-refractivity contribution in [2.24, 2.45) is 0 Å². The van der Waals surface area contributed by atoms with Crippen molar-refractivity contribution in [3.8, 4) is 17.1 Å². The van der Waals surface area contributed by atoms with E-state index in [4.69, 9.17) is 16.1 Å². The van der Waals surface area contributed by atoms with Crippen molar-refractivity contribution < 1.29 is 9.63 Å². The average Bonchev–Trinajstić information content (AvgIpc) is 2.79. The normalized spacial score (nSPS) is 11.2. The highest BCUT2D eigenvalue weighted by Crippen LogP contribution is 2.34. The summed E-state index contributed by atoms with van der Waals surface area (Å²) in [4.78, 5) is 14.8. The molecule has 0 bridgehead atoms. The van der Waals surface area contributed by atoms with Gasteiger partial charge in [0.2, 0.25) is 0 Å². The summed E-state index contributed by atoms with van der Waals surface area (Å²) in [5.41, 5.74) is 0.710. The Bertz CT molecular complexity index is 885.